The highest BCUT2D eigenvalue weighted by Crippen LogP contribution is 2.38. The normalized spacial score (nSPS) is 20.8. The second-order valence-electron chi connectivity index (χ2n) is 4.66. The molecule has 0 spiro atoms. The highest BCUT2D eigenvalue weighted by atomic mass is 15.1. The van der Waals surface area contributed by atoms with Crippen molar-refractivity contribution in [2.45, 2.75) is 52.0 Å². The molecule has 0 unspecified atom stereocenters. The van der Waals surface area contributed by atoms with Crippen LogP contribution in [0, 0.1) is 13.8 Å². The maximum Gasteiger partial charge on any atom is 0.0416 e. The maximum absolute atomic E-state index is 2.53. The fraction of sp³-hybridized carbons (Fsp3) is 0.667. The van der Waals surface area contributed by atoms with Crippen molar-refractivity contribution in [1.29, 1.82) is 0 Å². The molecule has 1 heterocycles. The van der Waals surface area contributed by atoms with Crippen molar-refractivity contribution in [1.82, 2.24) is 4.57 Å². The van der Waals surface area contributed by atoms with E-state index in [1.807, 2.05) is 0 Å². The Labute approximate surface area is 80.8 Å². The molecule has 1 nitrogen and oxygen atoms in total. The second kappa shape index (κ2) is 2.90. The van der Waals surface area contributed by atoms with E-state index in [1.54, 1.807) is 0 Å². The van der Waals surface area contributed by atoms with Gasteiger partial charge in [-0.1, -0.05) is 12.8 Å². The number of rotatable bonds is 1. The molecule has 2 rings (SSSR count). The van der Waals surface area contributed by atoms with Crippen LogP contribution < -0.4 is 0 Å². The Morgan fingerprint density at radius 2 is 1.54 bits per heavy atom. The van der Waals surface area contributed by atoms with E-state index >= 15 is 0 Å². The molecule has 1 aromatic rings. The van der Waals surface area contributed by atoms with Crippen LogP contribution in [0.2, 0.25) is 0 Å². The molecule has 0 aliphatic heterocycles. The lowest BCUT2D eigenvalue weighted by Crippen LogP contribution is -2.28. The van der Waals surface area contributed by atoms with Gasteiger partial charge in [0.1, 0.15) is 0 Å². The predicted octanol–water partition coefficient (Wildman–Crippen LogP) is 3.39. The largest absolute Gasteiger partial charge is 0.343 e. The van der Waals surface area contributed by atoms with E-state index < -0.39 is 0 Å². The topological polar surface area (TPSA) is 4.93 Å². The molecule has 0 amide bonds. The molecule has 0 aromatic carbocycles. The van der Waals surface area contributed by atoms with E-state index in [1.165, 1.54) is 37.1 Å². The van der Waals surface area contributed by atoms with Crippen LogP contribution in [0.1, 0.15) is 44.0 Å². The first-order chi connectivity index (χ1) is 6.13. The van der Waals surface area contributed by atoms with E-state index in [0.717, 1.165) is 0 Å². The standard InChI is InChI=1S/C12H19N/c1-10-6-7-11(2)13(10)12(3)8-4-5-9-12/h6-7H,4-5,8-9H2,1-3H3. The van der Waals surface area contributed by atoms with Gasteiger partial charge in [-0.15, -0.1) is 0 Å². The zero-order valence-electron chi connectivity index (χ0n) is 8.93. The lowest BCUT2D eigenvalue weighted by atomic mass is 9.99. The first-order valence-electron chi connectivity index (χ1n) is 5.29. The summed E-state index contributed by atoms with van der Waals surface area (Å²) in [7, 11) is 0. The van der Waals surface area contributed by atoms with Gasteiger partial charge in [-0.05, 0) is 45.7 Å². The van der Waals surface area contributed by atoms with Gasteiger partial charge in [0.25, 0.3) is 0 Å². The average molecular weight is 177 g/mol. The van der Waals surface area contributed by atoms with Gasteiger partial charge in [-0.3, -0.25) is 0 Å². The van der Waals surface area contributed by atoms with Gasteiger partial charge >= 0.3 is 0 Å². The quantitative estimate of drug-likeness (QED) is 0.619. The lowest BCUT2D eigenvalue weighted by molar-refractivity contribution is 0.318. The van der Waals surface area contributed by atoms with Crippen molar-refractivity contribution in [3.63, 3.8) is 0 Å². The Bertz CT molecular complexity index is 283. The van der Waals surface area contributed by atoms with Gasteiger partial charge in [0.2, 0.25) is 0 Å². The molecule has 0 saturated heterocycles. The van der Waals surface area contributed by atoms with E-state index in [-0.39, 0.29) is 0 Å². The van der Waals surface area contributed by atoms with Crippen molar-refractivity contribution in [2.75, 3.05) is 0 Å². The number of aryl methyl sites for hydroxylation is 2. The van der Waals surface area contributed by atoms with Gasteiger partial charge in [0.05, 0.1) is 0 Å². The van der Waals surface area contributed by atoms with Crippen molar-refractivity contribution in [3.8, 4) is 0 Å². The Hall–Kier alpha value is -0.720. The van der Waals surface area contributed by atoms with Crippen LogP contribution in [0.15, 0.2) is 12.1 Å². The highest BCUT2D eigenvalue weighted by Gasteiger charge is 2.31. The Kier molecular flexibility index (Phi) is 1.98. The zero-order valence-corrected chi connectivity index (χ0v) is 8.93. The van der Waals surface area contributed by atoms with Crippen LogP contribution in [0.5, 0.6) is 0 Å². The first-order valence-corrected chi connectivity index (χ1v) is 5.29. The van der Waals surface area contributed by atoms with Crippen molar-refractivity contribution in [3.05, 3.63) is 23.5 Å². The third-order valence-corrected chi connectivity index (χ3v) is 3.49. The predicted molar refractivity (Wildman–Crippen MR) is 56.0 cm³/mol. The molecule has 1 heteroatoms. The number of nitrogens with zero attached hydrogens (tertiary/aromatic N) is 1. The van der Waals surface area contributed by atoms with Crippen molar-refractivity contribution in [2.24, 2.45) is 0 Å². The fourth-order valence-corrected chi connectivity index (χ4v) is 2.88. The van der Waals surface area contributed by atoms with Gasteiger partial charge in [0, 0.05) is 16.9 Å². The van der Waals surface area contributed by atoms with Crippen molar-refractivity contribution < 1.29 is 0 Å². The van der Waals surface area contributed by atoms with E-state index in [2.05, 4.69) is 37.5 Å². The Morgan fingerprint density at radius 3 is 2.00 bits per heavy atom. The smallest absolute Gasteiger partial charge is 0.0416 e. The number of aromatic nitrogens is 1. The summed E-state index contributed by atoms with van der Waals surface area (Å²) in [5, 5.41) is 0. The minimum Gasteiger partial charge on any atom is -0.343 e. The van der Waals surface area contributed by atoms with Gasteiger partial charge in [0.15, 0.2) is 0 Å². The molecule has 1 saturated carbocycles. The van der Waals surface area contributed by atoms with Crippen LogP contribution in [-0.4, -0.2) is 4.57 Å². The number of hydrogen-bond donors (Lipinski definition) is 0. The molecule has 1 aliphatic carbocycles. The van der Waals surface area contributed by atoms with E-state index in [9.17, 15) is 0 Å². The van der Waals surface area contributed by atoms with Crippen LogP contribution in [0.4, 0.5) is 0 Å². The summed E-state index contributed by atoms with van der Waals surface area (Å²) < 4.78 is 2.53. The monoisotopic (exact) mass is 177 g/mol. The summed E-state index contributed by atoms with van der Waals surface area (Å²) >= 11 is 0. The van der Waals surface area contributed by atoms with Crippen LogP contribution >= 0.6 is 0 Å². The Balaban J connectivity index is 2.43. The maximum atomic E-state index is 2.53. The molecule has 1 aliphatic rings. The molecule has 0 radical (unpaired) electrons. The van der Waals surface area contributed by atoms with Gasteiger partial charge < -0.3 is 4.57 Å². The molecule has 72 valence electrons. The SMILES string of the molecule is Cc1ccc(C)n1C1(C)CCCC1. The summed E-state index contributed by atoms with van der Waals surface area (Å²) in [4.78, 5) is 0. The summed E-state index contributed by atoms with van der Waals surface area (Å²) in [6, 6.07) is 4.47. The lowest BCUT2D eigenvalue weighted by Gasteiger charge is -2.29. The second-order valence-corrected chi connectivity index (χ2v) is 4.66. The first kappa shape index (κ1) is 8.86. The summed E-state index contributed by atoms with van der Waals surface area (Å²) in [6.07, 6.45) is 5.49. The van der Waals surface area contributed by atoms with Gasteiger partial charge in [-0.2, -0.15) is 0 Å². The number of hydrogen-bond acceptors (Lipinski definition) is 0. The van der Waals surface area contributed by atoms with Crippen LogP contribution in [0.3, 0.4) is 0 Å². The van der Waals surface area contributed by atoms with Gasteiger partial charge in [-0.25, -0.2) is 0 Å². The van der Waals surface area contributed by atoms with Crippen molar-refractivity contribution >= 4 is 0 Å². The minimum absolute atomic E-state index is 0.414. The third-order valence-electron chi connectivity index (χ3n) is 3.49. The molecule has 1 aromatic heterocycles. The summed E-state index contributed by atoms with van der Waals surface area (Å²) in [5.74, 6) is 0. The van der Waals surface area contributed by atoms with Crippen LogP contribution in [0.25, 0.3) is 0 Å². The average Bonchev–Trinajstić information content (AvgIpc) is 2.60. The highest BCUT2D eigenvalue weighted by molar-refractivity contribution is 5.17. The molecule has 13 heavy (non-hydrogen) atoms. The van der Waals surface area contributed by atoms with E-state index in [4.69, 9.17) is 0 Å². The molecule has 0 bridgehead atoms. The van der Waals surface area contributed by atoms with Crippen LogP contribution in [-0.2, 0) is 5.54 Å². The summed E-state index contributed by atoms with van der Waals surface area (Å²) in [6.45, 7) is 6.84. The molecule has 0 N–H and O–H groups in total. The molecular formula is C12H19N. The Morgan fingerprint density at radius 1 is 1.08 bits per heavy atom. The molecule has 1 fully saturated rings. The minimum atomic E-state index is 0.414. The third kappa shape index (κ3) is 1.31. The zero-order chi connectivity index (χ0) is 9.47. The molecular weight excluding hydrogens is 158 g/mol. The molecule has 0 atom stereocenters. The fourth-order valence-electron chi connectivity index (χ4n) is 2.88. The van der Waals surface area contributed by atoms with E-state index in [0.29, 0.717) is 5.54 Å². The summed E-state index contributed by atoms with van der Waals surface area (Å²) in [5.41, 5.74) is 3.25.